The lowest BCUT2D eigenvalue weighted by Gasteiger charge is -2.36. The SMILES string of the molecule is CCc1c(C)nc2cc(C3CCCCN3C(=O)C3CCOC3)[nH]n2c1=O. The van der Waals surface area contributed by atoms with Gasteiger partial charge in [-0.2, -0.15) is 0 Å². The molecule has 2 aromatic rings. The molecule has 0 radical (unpaired) electrons. The first-order valence-corrected chi connectivity index (χ1v) is 9.59. The van der Waals surface area contributed by atoms with E-state index in [2.05, 4.69) is 10.1 Å². The second-order valence-electron chi connectivity index (χ2n) is 7.34. The minimum absolute atomic E-state index is 0.0247. The maximum absolute atomic E-state index is 13.0. The average Bonchev–Trinajstić information content (AvgIpc) is 3.31. The Labute approximate surface area is 152 Å². The van der Waals surface area contributed by atoms with E-state index in [0.29, 0.717) is 25.3 Å². The number of piperidine rings is 1. The third-order valence-corrected chi connectivity index (χ3v) is 5.71. The van der Waals surface area contributed by atoms with Gasteiger partial charge in [-0.15, -0.1) is 0 Å². The van der Waals surface area contributed by atoms with Crippen LogP contribution in [0.5, 0.6) is 0 Å². The quantitative estimate of drug-likeness (QED) is 0.910. The molecule has 140 valence electrons. The van der Waals surface area contributed by atoms with Crippen molar-refractivity contribution in [1.82, 2.24) is 19.5 Å². The van der Waals surface area contributed by atoms with Crippen molar-refractivity contribution < 1.29 is 9.53 Å². The first-order chi connectivity index (χ1) is 12.6. The summed E-state index contributed by atoms with van der Waals surface area (Å²) in [5.74, 6) is 0.145. The summed E-state index contributed by atoms with van der Waals surface area (Å²) in [4.78, 5) is 32.2. The highest BCUT2D eigenvalue weighted by Gasteiger charge is 2.35. The molecule has 7 nitrogen and oxygen atoms in total. The highest BCUT2D eigenvalue weighted by Crippen LogP contribution is 2.32. The molecule has 0 bridgehead atoms. The average molecular weight is 358 g/mol. The molecule has 0 saturated carbocycles. The Hall–Kier alpha value is -2.15. The van der Waals surface area contributed by atoms with Crippen molar-refractivity contribution >= 4 is 11.6 Å². The number of ether oxygens (including phenoxy) is 1. The Kier molecular flexibility index (Phi) is 4.56. The summed E-state index contributed by atoms with van der Waals surface area (Å²) in [6.07, 6.45) is 4.46. The van der Waals surface area contributed by atoms with Crippen molar-refractivity contribution in [3.05, 3.63) is 33.4 Å². The molecule has 7 heteroatoms. The van der Waals surface area contributed by atoms with Gasteiger partial charge in [-0.25, -0.2) is 9.50 Å². The Bertz CT molecular complexity index is 879. The van der Waals surface area contributed by atoms with E-state index in [0.717, 1.165) is 49.2 Å². The Balaban J connectivity index is 1.71. The maximum Gasteiger partial charge on any atom is 0.276 e. The zero-order valence-corrected chi connectivity index (χ0v) is 15.5. The number of likely N-dealkylation sites (tertiary alicyclic amines) is 1. The molecule has 4 heterocycles. The molecule has 2 aliphatic heterocycles. The van der Waals surface area contributed by atoms with Crippen LogP contribution in [-0.4, -0.2) is 45.2 Å². The monoisotopic (exact) mass is 358 g/mol. The van der Waals surface area contributed by atoms with E-state index in [-0.39, 0.29) is 23.4 Å². The highest BCUT2D eigenvalue weighted by atomic mass is 16.5. The van der Waals surface area contributed by atoms with Crippen molar-refractivity contribution in [2.45, 2.75) is 52.0 Å². The molecule has 2 saturated heterocycles. The van der Waals surface area contributed by atoms with Gasteiger partial charge in [-0.05, 0) is 39.0 Å². The van der Waals surface area contributed by atoms with Crippen LogP contribution in [0.3, 0.4) is 0 Å². The third kappa shape index (κ3) is 2.84. The Morgan fingerprint density at radius 2 is 2.23 bits per heavy atom. The Morgan fingerprint density at radius 1 is 1.38 bits per heavy atom. The lowest BCUT2D eigenvalue weighted by Crippen LogP contribution is -2.42. The van der Waals surface area contributed by atoms with Gasteiger partial charge in [0.05, 0.1) is 24.3 Å². The third-order valence-electron chi connectivity index (χ3n) is 5.71. The van der Waals surface area contributed by atoms with Crippen molar-refractivity contribution in [3.8, 4) is 0 Å². The number of aromatic nitrogens is 3. The second kappa shape index (κ2) is 6.87. The van der Waals surface area contributed by atoms with Gasteiger partial charge in [0.15, 0.2) is 5.65 Å². The van der Waals surface area contributed by atoms with E-state index in [9.17, 15) is 9.59 Å². The molecule has 2 aliphatic rings. The standard InChI is InChI=1S/C19H26N4O3/c1-3-14-12(2)20-17-10-15(21-23(17)19(14)25)16-6-4-5-8-22(16)18(24)13-7-9-26-11-13/h10,13,16,21H,3-9,11H2,1-2H3. The number of hydrogen-bond donors (Lipinski definition) is 1. The van der Waals surface area contributed by atoms with Crippen LogP contribution in [0, 0.1) is 12.8 Å². The number of hydrogen-bond acceptors (Lipinski definition) is 4. The number of aromatic amines is 1. The normalized spacial score (nSPS) is 23.7. The number of carbonyl (C=O) groups excluding carboxylic acids is 1. The zero-order valence-electron chi connectivity index (χ0n) is 15.5. The fourth-order valence-corrected chi connectivity index (χ4v) is 4.25. The number of aryl methyl sites for hydroxylation is 1. The summed E-state index contributed by atoms with van der Waals surface area (Å²) in [7, 11) is 0. The lowest BCUT2D eigenvalue weighted by molar-refractivity contribution is -0.139. The molecule has 0 spiro atoms. The van der Waals surface area contributed by atoms with Crippen LogP contribution < -0.4 is 5.56 Å². The molecule has 2 unspecified atom stereocenters. The fourth-order valence-electron chi connectivity index (χ4n) is 4.25. The van der Waals surface area contributed by atoms with Crippen molar-refractivity contribution in [2.24, 2.45) is 5.92 Å². The summed E-state index contributed by atoms with van der Waals surface area (Å²) >= 11 is 0. The van der Waals surface area contributed by atoms with Gasteiger partial charge < -0.3 is 9.64 Å². The first kappa shape index (κ1) is 17.3. The summed E-state index contributed by atoms with van der Waals surface area (Å²) in [6, 6.07) is 1.90. The minimum Gasteiger partial charge on any atom is -0.381 e. The summed E-state index contributed by atoms with van der Waals surface area (Å²) in [5.41, 5.74) is 2.99. The molecule has 2 fully saturated rings. The van der Waals surface area contributed by atoms with Gasteiger partial charge in [-0.3, -0.25) is 14.7 Å². The minimum atomic E-state index is -0.0425. The topological polar surface area (TPSA) is 79.7 Å². The molecule has 1 amide bonds. The predicted octanol–water partition coefficient (Wildman–Crippen LogP) is 1.98. The van der Waals surface area contributed by atoms with Crippen LogP contribution in [0.15, 0.2) is 10.9 Å². The smallest absolute Gasteiger partial charge is 0.276 e. The number of fused-ring (bicyclic) bond motifs is 1. The second-order valence-corrected chi connectivity index (χ2v) is 7.34. The predicted molar refractivity (Wildman–Crippen MR) is 97.2 cm³/mol. The summed E-state index contributed by atoms with van der Waals surface area (Å²) in [6.45, 7) is 5.79. The van der Waals surface area contributed by atoms with E-state index in [1.54, 1.807) is 0 Å². The molecule has 1 N–H and O–H groups in total. The van der Waals surface area contributed by atoms with Crippen LogP contribution in [0.4, 0.5) is 0 Å². The number of H-pyrrole nitrogens is 1. The van der Waals surface area contributed by atoms with Crippen molar-refractivity contribution in [1.29, 1.82) is 0 Å². The van der Waals surface area contributed by atoms with E-state index in [1.165, 1.54) is 4.52 Å². The van der Waals surface area contributed by atoms with Crippen molar-refractivity contribution in [3.63, 3.8) is 0 Å². The largest absolute Gasteiger partial charge is 0.381 e. The van der Waals surface area contributed by atoms with E-state index >= 15 is 0 Å². The fraction of sp³-hybridized carbons (Fsp3) is 0.632. The van der Waals surface area contributed by atoms with Crippen molar-refractivity contribution in [2.75, 3.05) is 19.8 Å². The lowest BCUT2D eigenvalue weighted by atomic mass is 9.96. The van der Waals surface area contributed by atoms with E-state index in [1.807, 2.05) is 24.8 Å². The van der Waals surface area contributed by atoms with Gasteiger partial charge in [0.25, 0.3) is 5.56 Å². The number of nitrogens with one attached hydrogen (secondary N) is 1. The molecule has 4 rings (SSSR count). The molecular formula is C19H26N4O3. The zero-order chi connectivity index (χ0) is 18.3. The number of carbonyl (C=O) groups is 1. The molecular weight excluding hydrogens is 332 g/mol. The van der Waals surface area contributed by atoms with Gasteiger partial charge in [0, 0.05) is 30.5 Å². The van der Waals surface area contributed by atoms with E-state index in [4.69, 9.17) is 4.74 Å². The number of amides is 1. The molecule has 2 aromatic heterocycles. The van der Waals surface area contributed by atoms with Crippen LogP contribution in [0.25, 0.3) is 5.65 Å². The number of rotatable bonds is 3. The van der Waals surface area contributed by atoms with Gasteiger partial charge in [-0.1, -0.05) is 6.92 Å². The summed E-state index contributed by atoms with van der Waals surface area (Å²) < 4.78 is 6.93. The molecule has 26 heavy (non-hydrogen) atoms. The molecule has 2 atom stereocenters. The molecule has 0 aromatic carbocycles. The van der Waals surface area contributed by atoms with Crippen LogP contribution >= 0.6 is 0 Å². The maximum atomic E-state index is 13.0. The van der Waals surface area contributed by atoms with Gasteiger partial charge in [0.2, 0.25) is 5.91 Å². The highest BCUT2D eigenvalue weighted by molar-refractivity contribution is 5.79. The van der Waals surface area contributed by atoms with Crippen LogP contribution in [0.1, 0.15) is 55.6 Å². The van der Waals surface area contributed by atoms with Gasteiger partial charge >= 0.3 is 0 Å². The van der Waals surface area contributed by atoms with Gasteiger partial charge in [0.1, 0.15) is 0 Å². The van der Waals surface area contributed by atoms with E-state index < -0.39 is 0 Å². The Morgan fingerprint density at radius 3 is 2.96 bits per heavy atom. The molecule has 0 aliphatic carbocycles. The summed E-state index contributed by atoms with van der Waals surface area (Å²) in [5, 5.41) is 3.23. The van der Waals surface area contributed by atoms with Crippen LogP contribution in [0.2, 0.25) is 0 Å². The van der Waals surface area contributed by atoms with Crippen LogP contribution in [-0.2, 0) is 16.0 Å². The first-order valence-electron chi connectivity index (χ1n) is 9.59. The number of nitrogens with zero attached hydrogens (tertiary/aromatic N) is 3.